The summed E-state index contributed by atoms with van der Waals surface area (Å²) in [4.78, 5) is 8.32. The molecule has 1 aliphatic carbocycles. The Kier molecular flexibility index (Phi) is 1.79. The Bertz CT molecular complexity index is 505. The monoisotopic (exact) mass is 272 g/mol. The Balaban J connectivity index is 2.30. The fraction of sp³-hybridized carbons (Fsp3) is 0.375. The lowest BCUT2D eigenvalue weighted by atomic mass is 10.4. The van der Waals surface area contributed by atoms with Crippen LogP contribution in [-0.4, -0.2) is 19.6 Å². The molecule has 0 spiro atoms. The number of aromatic nitrogens is 4. The summed E-state index contributed by atoms with van der Waals surface area (Å²) in [6, 6.07) is 0. The largest absolute Gasteiger partial charge is 0.232 e. The summed E-state index contributed by atoms with van der Waals surface area (Å²) in [6.45, 7) is 0. The Labute approximate surface area is 93.4 Å². The topological polar surface area (TPSA) is 43.1 Å². The van der Waals surface area contributed by atoms with Gasteiger partial charge in [-0.15, -0.1) is 5.10 Å². The van der Waals surface area contributed by atoms with Gasteiger partial charge in [0.05, 0.1) is 6.20 Å². The second kappa shape index (κ2) is 2.90. The van der Waals surface area contributed by atoms with E-state index in [0.717, 1.165) is 23.3 Å². The molecule has 0 N–H and O–H groups in total. The van der Waals surface area contributed by atoms with Crippen molar-refractivity contribution >= 4 is 33.2 Å². The van der Waals surface area contributed by atoms with Crippen molar-refractivity contribution in [2.24, 2.45) is 0 Å². The van der Waals surface area contributed by atoms with Gasteiger partial charge in [-0.05, 0) is 28.8 Å². The third kappa shape index (κ3) is 1.23. The molecule has 0 atom stereocenters. The first-order valence-corrected chi connectivity index (χ1v) is 5.49. The number of rotatable bonds is 1. The molecular weight excluding hydrogens is 267 g/mol. The highest BCUT2D eigenvalue weighted by atomic mass is 79.9. The molecule has 6 heteroatoms. The second-order valence-corrected chi connectivity index (χ2v) is 4.52. The van der Waals surface area contributed by atoms with Crippen LogP contribution in [0.2, 0.25) is 5.15 Å². The van der Waals surface area contributed by atoms with Crippen molar-refractivity contribution in [1.29, 1.82) is 0 Å². The van der Waals surface area contributed by atoms with Gasteiger partial charge in [0.2, 0.25) is 0 Å². The summed E-state index contributed by atoms with van der Waals surface area (Å²) in [5.41, 5.74) is 0.600. The quantitative estimate of drug-likeness (QED) is 0.801. The maximum absolute atomic E-state index is 5.99. The van der Waals surface area contributed by atoms with E-state index in [1.807, 2.05) is 0 Å². The van der Waals surface area contributed by atoms with E-state index in [0.29, 0.717) is 16.7 Å². The molecule has 1 aliphatic rings. The van der Waals surface area contributed by atoms with Crippen LogP contribution in [-0.2, 0) is 0 Å². The lowest BCUT2D eigenvalue weighted by molar-refractivity contribution is 0.792. The molecule has 0 aromatic carbocycles. The molecule has 0 bridgehead atoms. The first-order valence-electron chi connectivity index (χ1n) is 4.32. The van der Waals surface area contributed by atoms with Crippen molar-refractivity contribution < 1.29 is 0 Å². The zero-order chi connectivity index (χ0) is 9.71. The van der Waals surface area contributed by atoms with Gasteiger partial charge in [0.25, 0.3) is 0 Å². The summed E-state index contributed by atoms with van der Waals surface area (Å²) in [7, 11) is 0. The molecule has 1 fully saturated rings. The maximum Gasteiger partial charge on any atom is 0.192 e. The van der Waals surface area contributed by atoms with E-state index < -0.39 is 0 Å². The van der Waals surface area contributed by atoms with Crippen LogP contribution in [0.5, 0.6) is 0 Å². The Morgan fingerprint density at radius 3 is 3.00 bits per heavy atom. The van der Waals surface area contributed by atoms with E-state index in [2.05, 4.69) is 31.0 Å². The van der Waals surface area contributed by atoms with E-state index in [9.17, 15) is 0 Å². The molecule has 14 heavy (non-hydrogen) atoms. The summed E-state index contributed by atoms with van der Waals surface area (Å²) in [5.74, 6) is 1.31. The fourth-order valence-electron chi connectivity index (χ4n) is 1.35. The zero-order valence-electron chi connectivity index (χ0n) is 7.11. The maximum atomic E-state index is 5.99. The van der Waals surface area contributed by atoms with Crippen molar-refractivity contribution in [2.45, 2.75) is 18.8 Å². The minimum Gasteiger partial charge on any atom is -0.232 e. The van der Waals surface area contributed by atoms with Crippen LogP contribution in [0.15, 0.2) is 10.8 Å². The predicted molar refractivity (Wildman–Crippen MR) is 55.5 cm³/mol. The standard InChI is InChI=1S/C8H6BrClN4/c9-5-3-11-8-6(10)12-7(4-1-2-4)13-14(5)8/h3-4H,1-2H2. The molecule has 4 nitrogen and oxygen atoms in total. The molecule has 0 radical (unpaired) electrons. The van der Waals surface area contributed by atoms with Gasteiger partial charge in [0, 0.05) is 5.92 Å². The number of imidazole rings is 1. The highest BCUT2D eigenvalue weighted by Gasteiger charge is 2.28. The summed E-state index contributed by atoms with van der Waals surface area (Å²) < 4.78 is 2.49. The van der Waals surface area contributed by atoms with Crippen molar-refractivity contribution in [3.8, 4) is 0 Å². The minimum atomic E-state index is 0.424. The van der Waals surface area contributed by atoms with Gasteiger partial charge < -0.3 is 0 Å². The summed E-state index contributed by atoms with van der Waals surface area (Å²) in [6.07, 6.45) is 3.99. The molecule has 1 saturated carbocycles. The lowest BCUT2D eigenvalue weighted by Crippen LogP contribution is -2.01. The molecule has 0 unspecified atom stereocenters. The summed E-state index contributed by atoms with van der Waals surface area (Å²) >= 11 is 9.35. The van der Waals surface area contributed by atoms with Crippen molar-refractivity contribution in [3.05, 3.63) is 21.8 Å². The third-order valence-electron chi connectivity index (χ3n) is 2.24. The second-order valence-electron chi connectivity index (χ2n) is 3.35. The fourth-order valence-corrected chi connectivity index (χ4v) is 1.92. The Morgan fingerprint density at radius 2 is 2.29 bits per heavy atom. The molecular formula is C8H6BrClN4. The third-order valence-corrected chi connectivity index (χ3v) is 3.03. The number of nitrogens with zero attached hydrogens (tertiary/aromatic N) is 4. The molecule has 72 valence electrons. The molecule has 0 saturated heterocycles. The van der Waals surface area contributed by atoms with E-state index in [4.69, 9.17) is 11.6 Å². The van der Waals surface area contributed by atoms with Crippen LogP contribution in [0, 0.1) is 0 Å². The smallest absolute Gasteiger partial charge is 0.192 e. The van der Waals surface area contributed by atoms with Crippen molar-refractivity contribution in [1.82, 2.24) is 19.6 Å². The molecule has 2 aromatic rings. The van der Waals surface area contributed by atoms with Crippen LogP contribution in [0.1, 0.15) is 24.6 Å². The SMILES string of the molecule is Clc1nc(C2CC2)nn2c(Br)cnc12. The van der Waals surface area contributed by atoms with E-state index in [1.54, 1.807) is 10.7 Å². The Morgan fingerprint density at radius 1 is 1.50 bits per heavy atom. The van der Waals surface area contributed by atoms with Crippen LogP contribution in [0.3, 0.4) is 0 Å². The van der Waals surface area contributed by atoms with Crippen LogP contribution in [0.4, 0.5) is 0 Å². The van der Waals surface area contributed by atoms with Crippen molar-refractivity contribution in [2.75, 3.05) is 0 Å². The van der Waals surface area contributed by atoms with Crippen LogP contribution < -0.4 is 0 Å². The highest BCUT2D eigenvalue weighted by molar-refractivity contribution is 9.10. The molecule has 3 rings (SSSR count). The molecule has 0 amide bonds. The number of hydrogen-bond donors (Lipinski definition) is 0. The number of hydrogen-bond acceptors (Lipinski definition) is 3. The lowest BCUT2D eigenvalue weighted by Gasteiger charge is -2.00. The van der Waals surface area contributed by atoms with Gasteiger partial charge in [-0.3, -0.25) is 0 Å². The molecule has 2 aromatic heterocycles. The van der Waals surface area contributed by atoms with Gasteiger partial charge in [0.1, 0.15) is 4.60 Å². The van der Waals surface area contributed by atoms with Crippen LogP contribution in [0.25, 0.3) is 5.65 Å². The number of halogens is 2. The van der Waals surface area contributed by atoms with E-state index >= 15 is 0 Å². The average molecular weight is 274 g/mol. The van der Waals surface area contributed by atoms with Gasteiger partial charge >= 0.3 is 0 Å². The molecule has 2 heterocycles. The molecule has 0 aliphatic heterocycles. The van der Waals surface area contributed by atoms with E-state index in [1.165, 1.54) is 0 Å². The van der Waals surface area contributed by atoms with Gasteiger partial charge in [-0.1, -0.05) is 11.6 Å². The van der Waals surface area contributed by atoms with Gasteiger partial charge in [-0.2, -0.15) is 0 Å². The van der Waals surface area contributed by atoms with Crippen molar-refractivity contribution in [3.63, 3.8) is 0 Å². The van der Waals surface area contributed by atoms with Gasteiger partial charge in [-0.25, -0.2) is 14.5 Å². The first kappa shape index (κ1) is 8.61. The summed E-state index contributed by atoms with van der Waals surface area (Å²) in [5, 5.41) is 4.79. The normalized spacial score (nSPS) is 16.4. The minimum absolute atomic E-state index is 0.424. The number of fused-ring (bicyclic) bond motifs is 1. The van der Waals surface area contributed by atoms with E-state index in [-0.39, 0.29) is 0 Å². The Hall–Kier alpha value is -0.680. The predicted octanol–water partition coefficient (Wildman–Crippen LogP) is 2.42. The highest BCUT2D eigenvalue weighted by Crippen LogP contribution is 2.38. The average Bonchev–Trinajstić information content (AvgIpc) is 2.93. The zero-order valence-corrected chi connectivity index (χ0v) is 9.46. The first-order chi connectivity index (χ1) is 6.75. The van der Waals surface area contributed by atoms with Gasteiger partial charge in [0.15, 0.2) is 16.6 Å². The van der Waals surface area contributed by atoms with Crippen LogP contribution >= 0.6 is 27.5 Å².